The molecule has 3 aromatic rings. The molecule has 0 spiro atoms. The second-order valence-electron chi connectivity index (χ2n) is 6.57. The number of aliphatic carboxylic acids is 1. The van der Waals surface area contributed by atoms with Crippen LogP contribution in [0.5, 0.6) is 0 Å². The van der Waals surface area contributed by atoms with Gasteiger partial charge in [0, 0.05) is 18.8 Å². The smallest absolute Gasteiger partial charge is 0.307 e. The van der Waals surface area contributed by atoms with Crippen LogP contribution in [0.15, 0.2) is 42.5 Å². The Bertz CT molecular complexity index is 977. The summed E-state index contributed by atoms with van der Waals surface area (Å²) in [4.78, 5) is 18.2. The Morgan fingerprint density at radius 1 is 1.25 bits per heavy atom. The van der Waals surface area contributed by atoms with Gasteiger partial charge in [0.2, 0.25) is 0 Å². The number of rotatable bonds is 8. The molecule has 0 atom stereocenters. The first kappa shape index (κ1) is 20.0. The van der Waals surface area contributed by atoms with Gasteiger partial charge in [-0.3, -0.25) is 4.79 Å². The highest BCUT2D eigenvalue weighted by molar-refractivity contribution is 7.19. The molecule has 0 fully saturated rings. The summed E-state index contributed by atoms with van der Waals surface area (Å²) < 4.78 is 1.04. The van der Waals surface area contributed by atoms with E-state index in [1.165, 1.54) is 11.3 Å². The van der Waals surface area contributed by atoms with E-state index in [9.17, 15) is 15.0 Å². The molecule has 0 saturated heterocycles. The number of para-hydroxylation sites is 1. The lowest BCUT2D eigenvalue weighted by Gasteiger charge is -2.22. The van der Waals surface area contributed by atoms with Crippen LogP contribution in [0.1, 0.15) is 29.5 Å². The van der Waals surface area contributed by atoms with E-state index < -0.39 is 5.97 Å². The van der Waals surface area contributed by atoms with Crippen molar-refractivity contribution in [2.45, 2.75) is 20.3 Å². The van der Waals surface area contributed by atoms with Crippen molar-refractivity contribution in [3.05, 3.63) is 58.6 Å². The molecule has 146 valence electrons. The summed E-state index contributed by atoms with van der Waals surface area (Å²) in [5.74, 6) is -0.875. The molecule has 2 aromatic carbocycles. The number of aryl methyl sites for hydroxylation is 1. The molecule has 1 heterocycles. The minimum absolute atomic E-state index is 0.0768. The van der Waals surface area contributed by atoms with Gasteiger partial charge in [0.1, 0.15) is 5.01 Å². The second kappa shape index (κ2) is 8.99. The van der Waals surface area contributed by atoms with Crippen LogP contribution in [0.25, 0.3) is 21.9 Å². The minimum Gasteiger partial charge on any atom is -0.481 e. The number of benzene rings is 2. The van der Waals surface area contributed by atoms with Crippen molar-refractivity contribution in [3.8, 4) is 0 Å². The number of likely N-dealkylation sites (N-methyl/N-ethyl adjacent to an activating group) is 1. The third-order valence-corrected chi connectivity index (χ3v) is 5.72. The van der Waals surface area contributed by atoms with Crippen molar-refractivity contribution in [3.63, 3.8) is 0 Å². The molecule has 0 bridgehead atoms. The summed E-state index contributed by atoms with van der Waals surface area (Å²) in [5.41, 5.74) is 4.66. The lowest BCUT2D eigenvalue weighted by atomic mass is 10.0. The molecular formula is C22H24N2O3S. The minimum atomic E-state index is -0.875. The Balaban J connectivity index is 1.99. The summed E-state index contributed by atoms with van der Waals surface area (Å²) in [5, 5.41) is 19.3. The van der Waals surface area contributed by atoms with Gasteiger partial charge in [-0.25, -0.2) is 4.98 Å². The molecule has 0 unspecified atom stereocenters. The number of anilines is 1. The molecule has 0 amide bonds. The Morgan fingerprint density at radius 2 is 2.04 bits per heavy atom. The summed E-state index contributed by atoms with van der Waals surface area (Å²) in [7, 11) is 0. The van der Waals surface area contributed by atoms with Gasteiger partial charge in [0.15, 0.2) is 0 Å². The fraction of sp³-hybridized carbons (Fsp3) is 0.273. The normalized spacial score (nSPS) is 11.8. The highest BCUT2D eigenvalue weighted by Gasteiger charge is 2.14. The van der Waals surface area contributed by atoms with Crippen LogP contribution in [0, 0.1) is 6.92 Å². The molecule has 0 aliphatic rings. The first-order valence-electron chi connectivity index (χ1n) is 9.26. The Hall–Kier alpha value is -2.70. The predicted octanol–water partition coefficient (Wildman–Crippen LogP) is 4.44. The van der Waals surface area contributed by atoms with Crippen LogP contribution in [0.2, 0.25) is 0 Å². The fourth-order valence-corrected chi connectivity index (χ4v) is 4.14. The van der Waals surface area contributed by atoms with E-state index in [-0.39, 0.29) is 13.0 Å². The first-order valence-corrected chi connectivity index (χ1v) is 10.1. The number of hydrogen-bond acceptors (Lipinski definition) is 5. The van der Waals surface area contributed by atoms with Gasteiger partial charge in [-0.05, 0) is 60.9 Å². The van der Waals surface area contributed by atoms with Crippen molar-refractivity contribution >= 4 is 44.9 Å². The van der Waals surface area contributed by atoms with Gasteiger partial charge in [-0.15, -0.1) is 11.3 Å². The lowest BCUT2D eigenvalue weighted by molar-refractivity contribution is -0.135. The molecule has 0 saturated carbocycles. The molecule has 3 rings (SSSR count). The van der Waals surface area contributed by atoms with Crippen LogP contribution >= 0.6 is 11.3 Å². The van der Waals surface area contributed by atoms with E-state index in [4.69, 9.17) is 0 Å². The summed E-state index contributed by atoms with van der Waals surface area (Å²) in [6.07, 6.45) is 1.85. The highest BCUT2D eigenvalue weighted by Crippen LogP contribution is 2.31. The number of hydrogen-bond donors (Lipinski definition) is 2. The molecular weight excluding hydrogens is 372 g/mol. The SMILES string of the molecule is CCN(CCO)c1ccc(C=C(CC(=O)O)c2nc3ccccc3s2)c(C)c1. The zero-order chi connectivity index (χ0) is 20.1. The quantitative estimate of drug-likeness (QED) is 0.589. The van der Waals surface area contributed by atoms with Gasteiger partial charge in [0.25, 0.3) is 0 Å². The van der Waals surface area contributed by atoms with Crippen LogP contribution in [-0.4, -0.2) is 40.9 Å². The Morgan fingerprint density at radius 3 is 2.68 bits per heavy atom. The van der Waals surface area contributed by atoms with Crippen molar-refractivity contribution in [2.75, 3.05) is 24.6 Å². The Labute approximate surface area is 168 Å². The monoisotopic (exact) mass is 396 g/mol. The van der Waals surface area contributed by atoms with E-state index in [2.05, 4.69) is 22.9 Å². The van der Waals surface area contributed by atoms with Crippen molar-refractivity contribution in [2.24, 2.45) is 0 Å². The number of nitrogens with zero attached hydrogens (tertiary/aromatic N) is 2. The van der Waals surface area contributed by atoms with Gasteiger partial charge < -0.3 is 15.1 Å². The summed E-state index contributed by atoms with van der Waals surface area (Å²) >= 11 is 1.51. The second-order valence-corrected chi connectivity index (χ2v) is 7.60. The summed E-state index contributed by atoms with van der Waals surface area (Å²) in [6.45, 7) is 5.57. The van der Waals surface area contributed by atoms with Crippen LogP contribution < -0.4 is 4.90 Å². The number of carbonyl (C=O) groups is 1. The third-order valence-electron chi connectivity index (χ3n) is 4.61. The maximum atomic E-state index is 11.4. The van der Waals surface area contributed by atoms with Crippen LogP contribution in [0.4, 0.5) is 5.69 Å². The number of carboxylic acid groups (broad SMARTS) is 1. The summed E-state index contributed by atoms with van der Waals surface area (Å²) in [6, 6.07) is 13.9. The fourth-order valence-electron chi connectivity index (χ4n) is 3.16. The average Bonchev–Trinajstić information content (AvgIpc) is 3.11. The van der Waals surface area contributed by atoms with Gasteiger partial charge >= 0.3 is 5.97 Å². The molecule has 28 heavy (non-hydrogen) atoms. The number of carboxylic acids is 1. The molecule has 6 heteroatoms. The zero-order valence-corrected chi connectivity index (χ0v) is 16.9. The van der Waals surface area contributed by atoms with E-state index in [1.54, 1.807) is 0 Å². The largest absolute Gasteiger partial charge is 0.481 e. The Kier molecular flexibility index (Phi) is 6.44. The maximum absolute atomic E-state index is 11.4. The first-order chi connectivity index (χ1) is 13.5. The number of aliphatic hydroxyl groups excluding tert-OH is 1. The highest BCUT2D eigenvalue weighted by atomic mass is 32.1. The lowest BCUT2D eigenvalue weighted by Crippen LogP contribution is -2.26. The zero-order valence-electron chi connectivity index (χ0n) is 16.1. The average molecular weight is 397 g/mol. The number of thiazole rings is 1. The topological polar surface area (TPSA) is 73.7 Å². The molecule has 2 N–H and O–H groups in total. The molecule has 0 radical (unpaired) electrons. The van der Waals surface area contributed by atoms with Gasteiger partial charge in [-0.1, -0.05) is 18.2 Å². The van der Waals surface area contributed by atoms with Crippen molar-refractivity contribution in [1.82, 2.24) is 4.98 Å². The van der Waals surface area contributed by atoms with Crippen molar-refractivity contribution < 1.29 is 15.0 Å². The maximum Gasteiger partial charge on any atom is 0.307 e. The van der Waals surface area contributed by atoms with Gasteiger partial charge in [-0.2, -0.15) is 0 Å². The third kappa shape index (κ3) is 4.58. The van der Waals surface area contributed by atoms with Crippen molar-refractivity contribution in [1.29, 1.82) is 0 Å². The number of fused-ring (bicyclic) bond motifs is 1. The number of aliphatic hydroxyl groups is 1. The molecule has 0 aliphatic heterocycles. The molecule has 5 nitrogen and oxygen atoms in total. The van der Waals surface area contributed by atoms with Crippen LogP contribution in [0.3, 0.4) is 0 Å². The van der Waals surface area contributed by atoms with Gasteiger partial charge in [0.05, 0.1) is 23.2 Å². The van der Waals surface area contributed by atoms with E-state index >= 15 is 0 Å². The van der Waals surface area contributed by atoms with E-state index in [0.29, 0.717) is 12.1 Å². The number of aromatic nitrogens is 1. The standard InChI is InChI=1S/C22H24N2O3S/c1-3-24(10-11-25)18-9-8-16(15(2)12-18)13-17(14-21(26)27)22-23-19-6-4-5-7-20(19)28-22/h4-9,12-13,25H,3,10-11,14H2,1-2H3,(H,26,27). The van der Waals surface area contributed by atoms with E-state index in [0.717, 1.165) is 38.6 Å². The van der Waals surface area contributed by atoms with Crippen LogP contribution in [-0.2, 0) is 4.79 Å². The predicted molar refractivity (Wildman–Crippen MR) is 116 cm³/mol. The molecule has 1 aromatic heterocycles. The molecule has 0 aliphatic carbocycles. The van der Waals surface area contributed by atoms with E-state index in [1.807, 2.05) is 49.4 Å².